The Morgan fingerprint density at radius 3 is 1.83 bits per heavy atom. The maximum absolute atomic E-state index is 6.65. The van der Waals surface area contributed by atoms with Gasteiger partial charge in [0.05, 0.1) is 26.4 Å². The molecule has 2 aromatic rings. The van der Waals surface area contributed by atoms with Crippen LogP contribution in [0.3, 0.4) is 0 Å². The Balaban J connectivity index is 2.20. The van der Waals surface area contributed by atoms with Crippen molar-refractivity contribution in [2.24, 2.45) is 5.92 Å². The highest BCUT2D eigenvalue weighted by atomic mass is 16.7. The van der Waals surface area contributed by atoms with E-state index in [0.29, 0.717) is 26.4 Å². The first kappa shape index (κ1) is 30.3. The van der Waals surface area contributed by atoms with Gasteiger partial charge in [0.2, 0.25) is 0 Å². The molecule has 1 N–H and O–H groups in total. The smallest absolute Gasteiger partial charge is 0.197 e. The lowest BCUT2D eigenvalue weighted by Crippen LogP contribution is -2.43. The molecule has 0 saturated carbocycles. The summed E-state index contributed by atoms with van der Waals surface area (Å²) in [5, 5.41) is 3.56. The van der Waals surface area contributed by atoms with Crippen molar-refractivity contribution in [1.82, 2.24) is 0 Å². The third-order valence-corrected chi connectivity index (χ3v) is 6.66. The number of hydrogen-bond acceptors (Lipinski definition) is 5. The highest BCUT2D eigenvalue weighted by Gasteiger charge is 2.42. The predicted molar refractivity (Wildman–Crippen MR) is 149 cm³/mol. The van der Waals surface area contributed by atoms with Crippen LogP contribution in [0.1, 0.15) is 70.3 Å². The molecule has 0 amide bonds. The van der Waals surface area contributed by atoms with E-state index in [0.717, 1.165) is 37.1 Å². The van der Waals surface area contributed by atoms with Crippen LogP contribution in [0.2, 0.25) is 0 Å². The van der Waals surface area contributed by atoms with Crippen molar-refractivity contribution in [3.05, 3.63) is 66.2 Å². The second-order valence-corrected chi connectivity index (χ2v) is 9.40. The van der Waals surface area contributed by atoms with Gasteiger partial charge in [-0.15, -0.1) is 0 Å². The molecular weight excluding hydrogens is 450 g/mol. The highest BCUT2D eigenvalue weighted by molar-refractivity contribution is 5.42. The Labute approximate surface area is 219 Å². The van der Waals surface area contributed by atoms with Crippen molar-refractivity contribution in [3.8, 4) is 0 Å². The molecule has 2 aromatic carbocycles. The summed E-state index contributed by atoms with van der Waals surface area (Å²) in [6.45, 7) is 5.20. The van der Waals surface area contributed by atoms with Crippen LogP contribution in [0.15, 0.2) is 60.7 Å². The van der Waals surface area contributed by atoms with E-state index in [9.17, 15) is 0 Å². The molecule has 5 heteroatoms. The SMILES string of the molecule is CCCCCCCCC(CCCNc1ccccc1)C(OCCOC)(OCCOC)c1ccccc1. The van der Waals surface area contributed by atoms with Gasteiger partial charge in [-0.2, -0.15) is 0 Å². The number of unbranched alkanes of at least 4 members (excludes halogenated alkanes) is 5. The number of nitrogens with one attached hydrogen (secondary N) is 1. The Morgan fingerprint density at radius 1 is 0.667 bits per heavy atom. The zero-order valence-electron chi connectivity index (χ0n) is 22.9. The summed E-state index contributed by atoms with van der Waals surface area (Å²) in [4.78, 5) is 0. The monoisotopic (exact) mass is 499 g/mol. The number of hydrogen-bond donors (Lipinski definition) is 1. The minimum atomic E-state index is -0.825. The molecule has 36 heavy (non-hydrogen) atoms. The van der Waals surface area contributed by atoms with Crippen LogP contribution in [-0.2, 0) is 24.7 Å². The lowest BCUT2D eigenvalue weighted by Gasteiger charge is -2.41. The summed E-state index contributed by atoms with van der Waals surface area (Å²) in [5.74, 6) is -0.605. The number of methoxy groups -OCH3 is 2. The maximum atomic E-state index is 6.65. The van der Waals surface area contributed by atoms with Gasteiger partial charge in [-0.05, 0) is 31.4 Å². The number of benzene rings is 2. The molecule has 0 fully saturated rings. The summed E-state index contributed by atoms with van der Waals surface area (Å²) >= 11 is 0. The molecule has 202 valence electrons. The summed E-state index contributed by atoms with van der Waals surface area (Å²) in [7, 11) is 3.42. The molecular formula is C31H49NO4. The predicted octanol–water partition coefficient (Wildman–Crippen LogP) is 7.42. The molecule has 0 aromatic heterocycles. The number of para-hydroxylation sites is 1. The van der Waals surface area contributed by atoms with Crippen molar-refractivity contribution in [3.63, 3.8) is 0 Å². The van der Waals surface area contributed by atoms with E-state index in [2.05, 4.69) is 60.8 Å². The molecule has 2 rings (SSSR count). The second-order valence-electron chi connectivity index (χ2n) is 9.40. The molecule has 0 bridgehead atoms. The largest absolute Gasteiger partial charge is 0.385 e. The van der Waals surface area contributed by atoms with Crippen LogP contribution in [-0.4, -0.2) is 47.2 Å². The van der Waals surface area contributed by atoms with E-state index in [-0.39, 0.29) is 5.92 Å². The average Bonchev–Trinajstić information content (AvgIpc) is 2.92. The molecule has 0 aliphatic rings. The second kappa shape index (κ2) is 19.2. The van der Waals surface area contributed by atoms with Crippen LogP contribution < -0.4 is 5.32 Å². The van der Waals surface area contributed by atoms with Crippen LogP contribution in [0.5, 0.6) is 0 Å². The standard InChI is InChI=1S/C31H49NO4/c1-4-5-6-7-8-11-17-29(20-16-23-32-30-21-14-10-15-22-30)31(35-26-24-33-2,36-27-25-34-3)28-18-12-9-13-19-28/h9-10,12-15,18-19,21-22,29,32H,4-8,11,16-17,20,23-27H2,1-3H3. The summed E-state index contributed by atoms with van der Waals surface area (Å²) in [6.07, 6.45) is 10.7. The van der Waals surface area contributed by atoms with Crippen LogP contribution in [0, 0.1) is 5.92 Å². The normalized spacial score (nSPS) is 12.5. The Kier molecular flexibility index (Phi) is 16.2. The Bertz CT molecular complexity index is 746. The van der Waals surface area contributed by atoms with Gasteiger partial charge in [-0.1, -0.05) is 94.0 Å². The zero-order chi connectivity index (χ0) is 25.7. The average molecular weight is 500 g/mol. The topological polar surface area (TPSA) is 49.0 Å². The zero-order valence-corrected chi connectivity index (χ0v) is 22.9. The summed E-state index contributed by atoms with van der Waals surface area (Å²) in [5.41, 5.74) is 2.23. The van der Waals surface area contributed by atoms with Crippen molar-refractivity contribution < 1.29 is 18.9 Å². The third-order valence-electron chi connectivity index (χ3n) is 6.66. The third kappa shape index (κ3) is 11.0. The van der Waals surface area contributed by atoms with E-state index >= 15 is 0 Å². The van der Waals surface area contributed by atoms with Gasteiger partial charge in [-0.25, -0.2) is 0 Å². The van der Waals surface area contributed by atoms with Crippen molar-refractivity contribution in [2.75, 3.05) is 52.5 Å². The molecule has 0 saturated heterocycles. The van der Waals surface area contributed by atoms with Crippen LogP contribution >= 0.6 is 0 Å². The maximum Gasteiger partial charge on any atom is 0.197 e. The first-order valence-corrected chi connectivity index (χ1v) is 13.9. The van der Waals surface area contributed by atoms with E-state index in [1.54, 1.807) is 14.2 Å². The van der Waals surface area contributed by atoms with Crippen molar-refractivity contribution >= 4 is 5.69 Å². The quantitative estimate of drug-likeness (QED) is 0.135. The van der Waals surface area contributed by atoms with Crippen molar-refractivity contribution in [2.45, 2.75) is 70.5 Å². The number of rotatable bonds is 22. The summed E-state index contributed by atoms with van der Waals surface area (Å²) < 4.78 is 24.0. The Morgan fingerprint density at radius 2 is 1.22 bits per heavy atom. The fraction of sp³-hybridized carbons (Fsp3) is 0.613. The van der Waals surface area contributed by atoms with Gasteiger partial charge in [0.15, 0.2) is 5.79 Å². The fourth-order valence-corrected chi connectivity index (χ4v) is 4.74. The first-order chi connectivity index (χ1) is 17.8. The van der Waals surface area contributed by atoms with Gasteiger partial charge >= 0.3 is 0 Å². The lowest BCUT2D eigenvalue weighted by molar-refractivity contribution is -0.286. The van der Waals surface area contributed by atoms with Gasteiger partial charge in [0.25, 0.3) is 0 Å². The molecule has 0 aliphatic carbocycles. The van der Waals surface area contributed by atoms with Gasteiger partial charge in [-0.3, -0.25) is 0 Å². The minimum Gasteiger partial charge on any atom is -0.385 e. The molecule has 0 aliphatic heterocycles. The highest BCUT2D eigenvalue weighted by Crippen LogP contribution is 2.41. The molecule has 0 radical (unpaired) electrons. The number of anilines is 1. The fourth-order valence-electron chi connectivity index (χ4n) is 4.74. The van der Waals surface area contributed by atoms with E-state index < -0.39 is 5.79 Å². The van der Waals surface area contributed by atoms with Gasteiger partial charge in [0, 0.05) is 37.9 Å². The van der Waals surface area contributed by atoms with Crippen molar-refractivity contribution in [1.29, 1.82) is 0 Å². The Hall–Kier alpha value is -1.92. The minimum absolute atomic E-state index is 0.220. The number of ether oxygens (including phenoxy) is 4. The van der Waals surface area contributed by atoms with Crippen LogP contribution in [0.25, 0.3) is 0 Å². The van der Waals surface area contributed by atoms with E-state index in [4.69, 9.17) is 18.9 Å². The lowest BCUT2D eigenvalue weighted by atomic mass is 9.83. The van der Waals surface area contributed by atoms with Crippen LogP contribution in [0.4, 0.5) is 5.69 Å². The van der Waals surface area contributed by atoms with Gasteiger partial charge in [0.1, 0.15) is 0 Å². The molecule has 0 spiro atoms. The summed E-state index contributed by atoms with van der Waals surface area (Å²) in [6, 6.07) is 20.9. The molecule has 1 atom stereocenters. The first-order valence-electron chi connectivity index (χ1n) is 13.9. The molecule has 5 nitrogen and oxygen atoms in total. The molecule has 0 heterocycles. The van der Waals surface area contributed by atoms with Gasteiger partial charge < -0.3 is 24.3 Å². The van der Waals surface area contributed by atoms with E-state index in [1.807, 2.05) is 12.1 Å². The van der Waals surface area contributed by atoms with E-state index in [1.165, 1.54) is 38.5 Å². The molecule has 1 unspecified atom stereocenters.